The third-order valence-electron chi connectivity index (χ3n) is 10.7. The number of hydrogen-bond donors (Lipinski definition) is 4. The molecule has 346 valence electrons. The number of carbonyl (C=O) groups excluding carboxylic acids is 5. The Kier molecular flexibility index (Phi) is 23.6. The fraction of sp³-hybridized carbons (Fsp3) is 0.674. The lowest BCUT2D eigenvalue weighted by atomic mass is 9.92. The lowest BCUT2D eigenvalue weighted by Crippen LogP contribution is -2.59. The number of ether oxygens (including phenoxy) is 4. The molecule has 1 aromatic carbocycles. The van der Waals surface area contributed by atoms with Gasteiger partial charge in [-0.25, -0.2) is 15.2 Å². The lowest BCUT2D eigenvalue weighted by Gasteiger charge is -2.40. The molecule has 0 aliphatic carbocycles. The fourth-order valence-electron chi connectivity index (χ4n) is 6.98. The SMILES string of the molecule is CCCO[C@H](C[C@H](C(C)C)N(COCC)C(=O)[C@@H](NC(=O)[C@H]1CCCCN1C)[C@@H](C)CC)c1nc(C(=O)N[C@@H](Cc2ccccc2)C(=O)NNC(=O)OCCOCCN=[N-])cs1. The second kappa shape index (κ2) is 28.2. The first-order valence-corrected chi connectivity index (χ1v) is 22.6. The van der Waals surface area contributed by atoms with Gasteiger partial charge in [-0.3, -0.25) is 29.5 Å². The largest absolute Gasteiger partial charge is 0.712 e. The maximum Gasteiger partial charge on any atom is 0.426 e. The zero-order chi connectivity index (χ0) is 45.4. The Hall–Kier alpha value is -4.56. The van der Waals surface area contributed by atoms with Gasteiger partial charge in [0.1, 0.15) is 42.2 Å². The van der Waals surface area contributed by atoms with E-state index in [2.05, 4.69) is 31.5 Å². The molecule has 2 aromatic rings. The van der Waals surface area contributed by atoms with Crippen molar-refractivity contribution in [2.24, 2.45) is 17.0 Å². The Morgan fingerprint density at radius 3 is 2.40 bits per heavy atom. The maximum absolute atomic E-state index is 14.7. The van der Waals surface area contributed by atoms with Crippen LogP contribution in [0.4, 0.5) is 4.79 Å². The molecule has 0 saturated carbocycles. The zero-order valence-electron chi connectivity index (χ0n) is 37.4. The summed E-state index contributed by atoms with van der Waals surface area (Å²) in [4.78, 5) is 76.3. The van der Waals surface area contributed by atoms with Gasteiger partial charge in [-0.1, -0.05) is 77.8 Å². The predicted molar refractivity (Wildman–Crippen MR) is 235 cm³/mol. The van der Waals surface area contributed by atoms with Crippen LogP contribution < -0.4 is 21.5 Å². The van der Waals surface area contributed by atoms with Crippen molar-refractivity contribution in [2.45, 2.75) is 117 Å². The molecule has 5 amide bonds. The molecule has 6 atom stereocenters. The van der Waals surface area contributed by atoms with Gasteiger partial charge in [0.05, 0.1) is 19.3 Å². The molecule has 62 heavy (non-hydrogen) atoms. The Labute approximate surface area is 370 Å². The minimum atomic E-state index is -1.12. The number of thiazole rings is 1. The van der Waals surface area contributed by atoms with Gasteiger partial charge in [0.25, 0.3) is 11.8 Å². The Morgan fingerprint density at radius 2 is 1.74 bits per heavy atom. The fourth-order valence-corrected chi connectivity index (χ4v) is 7.84. The maximum atomic E-state index is 14.7. The average molecular weight is 887 g/mol. The monoisotopic (exact) mass is 886 g/mol. The summed E-state index contributed by atoms with van der Waals surface area (Å²) in [6.45, 7) is 13.7. The minimum Gasteiger partial charge on any atom is -0.712 e. The van der Waals surface area contributed by atoms with Crippen LogP contribution in [0.15, 0.2) is 40.8 Å². The van der Waals surface area contributed by atoms with Crippen LogP contribution in [0.5, 0.6) is 0 Å². The number of nitrogens with zero attached hydrogens (tertiary/aromatic N) is 5. The van der Waals surface area contributed by atoms with E-state index >= 15 is 0 Å². The second-order valence-electron chi connectivity index (χ2n) is 15.7. The van der Waals surface area contributed by atoms with Gasteiger partial charge in [0.15, 0.2) is 0 Å². The number of rotatable bonds is 27. The highest BCUT2D eigenvalue weighted by Gasteiger charge is 2.38. The first-order chi connectivity index (χ1) is 29.8. The summed E-state index contributed by atoms with van der Waals surface area (Å²) in [6, 6.07) is 6.50. The molecule has 0 radical (unpaired) electrons. The molecule has 4 N–H and O–H groups in total. The van der Waals surface area contributed by atoms with E-state index in [1.165, 1.54) is 11.3 Å². The van der Waals surface area contributed by atoms with Crippen LogP contribution in [-0.4, -0.2) is 129 Å². The quantitative estimate of drug-likeness (QED) is 0.0404. The molecule has 19 heteroatoms. The first kappa shape index (κ1) is 51.8. The van der Waals surface area contributed by atoms with Crippen LogP contribution in [0.2, 0.25) is 0 Å². The third kappa shape index (κ3) is 17.0. The first-order valence-electron chi connectivity index (χ1n) is 21.8. The number of hydrazine groups is 1. The number of piperidine rings is 1. The summed E-state index contributed by atoms with van der Waals surface area (Å²) in [5.74, 6) is -1.89. The Balaban J connectivity index is 1.82. The van der Waals surface area contributed by atoms with Crippen LogP contribution in [-0.2, 0) is 39.8 Å². The van der Waals surface area contributed by atoms with Gasteiger partial charge in [0, 0.05) is 44.0 Å². The van der Waals surface area contributed by atoms with E-state index < -0.39 is 42.1 Å². The van der Waals surface area contributed by atoms with Crippen molar-refractivity contribution in [3.05, 3.63) is 57.5 Å². The van der Waals surface area contributed by atoms with E-state index in [1.807, 2.05) is 78.9 Å². The van der Waals surface area contributed by atoms with E-state index in [-0.39, 0.29) is 74.9 Å². The number of likely N-dealkylation sites (tertiary alicyclic amines) is 1. The second-order valence-corrected chi connectivity index (χ2v) is 16.6. The van der Waals surface area contributed by atoms with Crippen molar-refractivity contribution in [1.29, 1.82) is 0 Å². The van der Waals surface area contributed by atoms with Crippen molar-refractivity contribution < 1.29 is 42.9 Å². The van der Waals surface area contributed by atoms with Gasteiger partial charge in [-0.15, -0.1) is 11.3 Å². The molecular formula is C43H68N9O9S-. The topological polar surface area (TPSA) is 224 Å². The highest BCUT2D eigenvalue weighted by atomic mass is 32.1. The van der Waals surface area contributed by atoms with E-state index in [0.717, 1.165) is 31.4 Å². The Bertz CT molecular complexity index is 1680. The molecule has 1 fully saturated rings. The normalized spacial score (nSPS) is 16.6. The molecule has 18 nitrogen and oxygen atoms in total. The number of likely N-dealkylation sites (N-methyl/N-ethyl adjacent to an activating group) is 1. The third-order valence-corrected chi connectivity index (χ3v) is 11.7. The van der Waals surface area contributed by atoms with Gasteiger partial charge in [-0.2, -0.15) is 0 Å². The summed E-state index contributed by atoms with van der Waals surface area (Å²) in [5, 5.41) is 11.0. The molecule has 0 bridgehead atoms. The molecule has 1 aliphatic rings. The van der Waals surface area contributed by atoms with E-state index in [9.17, 15) is 24.0 Å². The molecule has 1 aliphatic heterocycles. The number of hydrogen-bond acceptors (Lipinski definition) is 13. The van der Waals surface area contributed by atoms with Gasteiger partial charge in [-0.05, 0) is 57.2 Å². The highest BCUT2D eigenvalue weighted by molar-refractivity contribution is 7.09. The van der Waals surface area contributed by atoms with Crippen molar-refractivity contribution in [2.75, 3.05) is 59.9 Å². The molecule has 0 spiro atoms. The van der Waals surface area contributed by atoms with Gasteiger partial charge >= 0.3 is 6.09 Å². The van der Waals surface area contributed by atoms with Gasteiger partial charge < -0.3 is 45.1 Å². The number of amides is 5. The van der Waals surface area contributed by atoms with Crippen LogP contribution in [0.25, 0.3) is 5.53 Å². The molecule has 0 unspecified atom stereocenters. The highest BCUT2D eigenvalue weighted by Crippen LogP contribution is 2.32. The molecular weight excluding hydrogens is 819 g/mol. The van der Waals surface area contributed by atoms with Crippen molar-refractivity contribution in [3.63, 3.8) is 0 Å². The standard InChI is InChI=1S/C43H68N9O9S/c1-8-21-60-36(26-35(29(4)5)52(28-58-10-3)42(56)37(30(6)9-2)48-40(55)34-18-14-15-20-51(34)7)41-47-33(27-62-41)38(53)46-32(25-31-16-12-11-13-17-31)39(54)49-50-43(57)61-24-23-59-22-19-45-44/h11-13,16-17,27,29-30,32,34-37H,8-10,14-15,18-26,28H2,1-7H3,(H,46,53)(H,48,55)(H,49,54)(H,50,57)/q-1/t30-,32-,34+,35+,36+,37-/m0/s1. The molecule has 1 aromatic heterocycles. The zero-order valence-corrected chi connectivity index (χ0v) is 38.2. The van der Waals surface area contributed by atoms with Crippen molar-refractivity contribution >= 4 is 41.1 Å². The number of aromatic nitrogens is 1. The van der Waals surface area contributed by atoms with Crippen LogP contribution >= 0.6 is 11.3 Å². The van der Waals surface area contributed by atoms with Crippen molar-refractivity contribution in [1.82, 2.24) is 36.3 Å². The van der Waals surface area contributed by atoms with Crippen LogP contribution in [0, 0.1) is 11.8 Å². The predicted octanol–water partition coefficient (Wildman–Crippen LogP) is 5.00. The number of carbonyl (C=O) groups is 5. The average Bonchev–Trinajstić information content (AvgIpc) is 3.77. The van der Waals surface area contributed by atoms with Crippen molar-refractivity contribution in [3.8, 4) is 0 Å². The van der Waals surface area contributed by atoms with Gasteiger partial charge in [0.2, 0.25) is 11.8 Å². The molecule has 2 heterocycles. The summed E-state index contributed by atoms with van der Waals surface area (Å²) >= 11 is 1.24. The van der Waals surface area contributed by atoms with E-state index in [1.54, 1.807) is 10.3 Å². The number of nitrogens with one attached hydrogen (secondary N) is 4. The summed E-state index contributed by atoms with van der Waals surface area (Å²) in [7, 11) is 1.95. The Morgan fingerprint density at radius 1 is 0.984 bits per heavy atom. The summed E-state index contributed by atoms with van der Waals surface area (Å²) in [5.41, 5.74) is 13.8. The van der Waals surface area contributed by atoms with Crippen LogP contribution in [0.1, 0.15) is 107 Å². The van der Waals surface area contributed by atoms with E-state index in [4.69, 9.17) is 29.5 Å². The minimum absolute atomic E-state index is 0.0184. The smallest absolute Gasteiger partial charge is 0.426 e. The molecule has 3 rings (SSSR count). The molecule has 1 saturated heterocycles. The summed E-state index contributed by atoms with van der Waals surface area (Å²) in [6.07, 6.45) is 3.02. The van der Waals surface area contributed by atoms with E-state index in [0.29, 0.717) is 37.5 Å². The van der Waals surface area contributed by atoms with Crippen LogP contribution in [0.3, 0.4) is 0 Å². The lowest BCUT2D eigenvalue weighted by molar-refractivity contribution is -0.149. The number of benzene rings is 1. The summed E-state index contributed by atoms with van der Waals surface area (Å²) < 4.78 is 22.5.